The first-order valence-electron chi connectivity index (χ1n) is 3.66. The standard InChI is InChI=1S/C10H10N2/c1-8-3-2-4-9(7-8)10(12)5-6-11/h2-5,7H,12H2,1H3. The normalized spacial score (nSPS) is 10.8. The van der Waals surface area contributed by atoms with Crippen molar-refractivity contribution in [3.05, 3.63) is 41.5 Å². The second-order valence-electron chi connectivity index (χ2n) is 2.60. The molecule has 1 aromatic carbocycles. The zero-order valence-corrected chi connectivity index (χ0v) is 6.91. The minimum atomic E-state index is 0.515. The lowest BCUT2D eigenvalue weighted by atomic mass is 10.1. The molecule has 1 aromatic rings. The molecule has 0 unspecified atom stereocenters. The van der Waals surface area contributed by atoms with Crippen LogP contribution in [-0.2, 0) is 0 Å². The van der Waals surface area contributed by atoms with Crippen molar-refractivity contribution >= 4 is 5.70 Å². The molecule has 0 spiro atoms. The number of hydrogen-bond acceptors (Lipinski definition) is 2. The second-order valence-corrected chi connectivity index (χ2v) is 2.60. The molecule has 0 saturated heterocycles. The van der Waals surface area contributed by atoms with Gasteiger partial charge >= 0.3 is 0 Å². The predicted molar refractivity (Wildman–Crippen MR) is 49.0 cm³/mol. The Morgan fingerprint density at radius 1 is 1.58 bits per heavy atom. The topological polar surface area (TPSA) is 49.8 Å². The van der Waals surface area contributed by atoms with Gasteiger partial charge in [0.15, 0.2) is 0 Å². The van der Waals surface area contributed by atoms with Gasteiger partial charge < -0.3 is 5.73 Å². The maximum absolute atomic E-state index is 8.36. The van der Waals surface area contributed by atoms with E-state index in [1.165, 1.54) is 6.08 Å². The van der Waals surface area contributed by atoms with Gasteiger partial charge in [0.1, 0.15) is 0 Å². The Kier molecular flexibility index (Phi) is 2.49. The monoisotopic (exact) mass is 158 g/mol. The van der Waals surface area contributed by atoms with E-state index >= 15 is 0 Å². The first kappa shape index (κ1) is 8.35. The highest BCUT2D eigenvalue weighted by atomic mass is 14.6. The average Bonchev–Trinajstić information content (AvgIpc) is 2.05. The number of nitriles is 1. The number of benzene rings is 1. The Hall–Kier alpha value is -1.75. The third-order valence-corrected chi connectivity index (χ3v) is 1.57. The highest BCUT2D eigenvalue weighted by Gasteiger charge is 1.94. The summed E-state index contributed by atoms with van der Waals surface area (Å²) in [6.07, 6.45) is 1.34. The molecular weight excluding hydrogens is 148 g/mol. The summed E-state index contributed by atoms with van der Waals surface area (Å²) in [7, 11) is 0. The van der Waals surface area contributed by atoms with E-state index in [9.17, 15) is 0 Å². The Bertz CT molecular complexity index is 345. The molecule has 0 atom stereocenters. The summed E-state index contributed by atoms with van der Waals surface area (Å²) >= 11 is 0. The number of rotatable bonds is 1. The van der Waals surface area contributed by atoms with Crippen molar-refractivity contribution in [3.63, 3.8) is 0 Å². The number of aryl methyl sites for hydroxylation is 1. The molecule has 0 bridgehead atoms. The largest absolute Gasteiger partial charge is 0.398 e. The Labute approximate surface area is 71.9 Å². The number of allylic oxidation sites excluding steroid dienone is 1. The molecule has 0 fully saturated rings. The molecule has 0 heterocycles. The minimum Gasteiger partial charge on any atom is -0.398 e. The van der Waals surface area contributed by atoms with E-state index in [1.807, 2.05) is 37.3 Å². The summed E-state index contributed by atoms with van der Waals surface area (Å²) < 4.78 is 0. The van der Waals surface area contributed by atoms with E-state index in [4.69, 9.17) is 11.0 Å². The fourth-order valence-corrected chi connectivity index (χ4v) is 0.978. The fraction of sp³-hybridized carbons (Fsp3) is 0.100. The van der Waals surface area contributed by atoms with E-state index in [2.05, 4.69) is 0 Å². The summed E-state index contributed by atoms with van der Waals surface area (Å²) in [5.41, 5.74) is 8.17. The molecule has 2 heteroatoms. The summed E-state index contributed by atoms with van der Waals surface area (Å²) in [4.78, 5) is 0. The first-order valence-corrected chi connectivity index (χ1v) is 3.66. The maximum atomic E-state index is 8.36. The lowest BCUT2D eigenvalue weighted by Crippen LogP contribution is -1.95. The van der Waals surface area contributed by atoms with Crippen LogP contribution in [0, 0.1) is 18.3 Å². The zero-order valence-electron chi connectivity index (χ0n) is 6.91. The van der Waals surface area contributed by atoms with Crippen molar-refractivity contribution in [2.45, 2.75) is 6.92 Å². The van der Waals surface area contributed by atoms with Gasteiger partial charge in [0.05, 0.1) is 6.07 Å². The van der Waals surface area contributed by atoms with E-state index < -0.39 is 0 Å². The van der Waals surface area contributed by atoms with Crippen molar-refractivity contribution in [1.82, 2.24) is 0 Å². The SMILES string of the molecule is Cc1cccc(C(N)=CC#N)c1. The molecular formula is C10H10N2. The molecule has 0 aliphatic carbocycles. The van der Waals surface area contributed by atoms with Crippen LogP contribution in [-0.4, -0.2) is 0 Å². The summed E-state index contributed by atoms with van der Waals surface area (Å²) in [5, 5.41) is 8.36. The van der Waals surface area contributed by atoms with E-state index in [0.717, 1.165) is 11.1 Å². The van der Waals surface area contributed by atoms with Gasteiger partial charge in [0, 0.05) is 11.8 Å². The molecule has 1 rings (SSSR count). The quantitative estimate of drug-likeness (QED) is 0.634. The first-order chi connectivity index (χ1) is 5.74. The molecule has 0 radical (unpaired) electrons. The van der Waals surface area contributed by atoms with Gasteiger partial charge in [0.25, 0.3) is 0 Å². The molecule has 0 aliphatic heterocycles. The van der Waals surface area contributed by atoms with Crippen LogP contribution in [0.1, 0.15) is 11.1 Å². The molecule has 2 N–H and O–H groups in total. The van der Waals surface area contributed by atoms with Crippen molar-refractivity contribution in [2.75, 3.05) is 0 Å². The smallest absolute Gasteiger partial charge is 0.0933 e. The molecule has 0 amide bonds. The van der Waals surface area contributed by atoms with Crippen LogP contribution < -0.4 is 5.73 Å². The van der Waals surface area contributed by atoms with Crippen molar-refractivity contribution in [1.29, 1.82) is 5.26 Å². The van der Waals surface area contributed by atoms with Crippen LogP contribution in [0.15, 0.2) is 30.3 Å². The van der Waals surface area contributed by atoms with Gasteiger partial charge in [-0.05, 0) is 18.6 Å². The molecule has 0 saturated carbocycles. The van der Waals surface area contributed by atoms with Crippen LogP contribution in [0.5, 0.6) is 0 Å². The number of nitrogens with zero attached hydrogens (tertiary/aromatic N) is 1. The molecule has 2 nitrogen and oxygen atoms in total. The summed E-state index contributed by atoms with van der Waals surface area (Å²) in [5.74, 6) is 0. The van der Waals surface area contributed by atoms with Gasteiger partial charge in [-0.25, -0.2) is 0 Å². The minimum absolute atomic E-state index is 0.515. The fourth-order valence-electron chi connectivity index (χ4n) is 0.978. The molecule has 0 aromatic heterocycles. The van der Waals surface area contributed by atoms with Crippen molar-refractivity contribution in [3.8, 4) is 6.07 Å². The number of nitrogens with two attached hydrogens (primary N) is 1. The van der Waals surface area contributed by atoms with Crippen molar-refractivity contribution in [2.24, 2.45) is 5.73 Å². The highest BCUT2D eigenvalue weighted by Crippen LogP contribution is 2.09. The van der Waals surface area contributed by atoms with Crippen LogP contribution in [0.25, 0.3) is 5.70 Å². The molecule has 12 heavy (non-hydrogen) atoms. The van der Waals surface area contributed by atoms with Gasteiger partial charge in [-0.3, -0.25) is 0 Å². The van der Waals surface area contributed by atoms with Crippen molar-refractivity contribution < 1.29 is 0 Å². The maximum Gasteiger partial charge on any atom is 0.0933 e. The van der Waals surface area contributed by atoms with E-state index in [1.54, 1.807) is 0 Å². The van der Waals surface area contributed by atoms with Crippen LogP contribution in [0.4, 0.5) is 0 Å². The summed E-state index contributed by atoms with van der Waals surface area (Å²) in [6, 6.07) is 9.64. The second kappa shape index (κ2) is 3.59. The van der Waals surface area contributed by atoms with Gasteiger partial charge in [-0.2, -0.15) is 5.26 Å². The van der Waals surface area contributed by atoms with Gasteiger partial charge in [-0.15, -0.1) is 0 Å². The van der Waals surface area contributed by atoms with Gasteiger partial charge in [-0.1, -0.05) is 23.8 Å². The highest BCUT2D eigenvalue weighted by molar-refractivity contribution is 5.65. The zero-order chi connectivity index (χ0) is 8.97. The van der Waals surface area contributed by atoms with E-state index in [-0.39, 0.29) is 0 Å². The third-order valence-electron chi connectivity index (χ3n) is 1.57. The molecule has 60 valence electrons. The van der Waals surface area contributed by atoms with Gasteiger partial charge in [0.2, 0.25) is 0 Å². The third kappa shape index (κ3) is 1.86. The Morgan fingerprint density at radius 2 is 2.33 bits per heavy atom. The lowest BCUT2D eigenvalue weighted by Gasteiger charge is -1.99. The van der Waals surface area contributed by atoms with E-state index in [0.29, 0.717) is 5.70 Å². The summed E-state index contributed by atoms with van der Waals surface area (Å²) in [6.45, 7) is 1.99. The van der Waals surface area contributed by atoms with Crippen LogP contribution >= 0.6 is 0 Å². The predicted octanol–water partition coefficient (Wildman–Crippen LogP) is 1.82. The average molecular weight is 158 g/mol. The Balaban J connectivity index is 3.05. The lowest BCUT2D eigenvalue weighted by molar-refractivity contribution is 1.42. The number of hydrogen-bond donors (Lipinski definition) is 1. The molecule has 0 aliphatic rings. The Morgan fingerprint density at radius 3 is 2.92 bits per heavy atom. The van der Waals surface area contributed by atoms with Crippen LogP contribution in [0.3, 0.4) is 0 Å². The van der Waals surface area contributed by atoms with Crippen LogP contribution in [0.2, 0.25) is 0 Å².